The minimum Gasteiger partial charge on any atom is -0.449 e. The van der Waals surface area contributed by atoms with Crippen molar-refractivity contribution in [1.82, 2.24) is 5.32 Å². The molecule has 0 spiro atoms. The number of hydrogen-bond donors (Lipinski definition) is 2. The van der Waals surface area contributed by atoms with E-state index < -0.39 is 5.91 Å². The first-order chi connectivity index (χ1) is 14.6. The van der Waals surface area contributed by atoms with Crippen molar-refractivity contribution in [3.05, 3.63) is 100 Å². The summed E-state index contributed by atoms with van der Waals surface area (Å²) in [7, 11) is 0. The van der Waals surface area contributed by atoms with Crippen molar-refractivity contribution < 1.29 is 14.3 Å². The first kappa shape index (κ1) is 19.7. The second-order valence-electron chi connectivity index (χ2n) is 6.79. The predicted molar refractivity (Wildman–Crippen MR) is 118 cm³/mol. The van der Waals surface area contributed by atoms with Gasteiger partial charge >= 0.3 is 0 Å². The van der Waals surface area contributed by atoms with Gasteiger partial charge in [-0.3, -0.25) is 9.59 Å². The standard InChI is InChI=1S/C24H19ClN2O3/c25-19-9-5-4-8-17(19)15-22-24(29)27-20-14-18(10-11-21(20)30-22)23(28)26-13-12-16-6-2-1-3-7-16/h1-11,14-15H,12-13H2,(H,26,28)(H,27,29). The zero-order valence-electron chi connectivity index (χ0n) is 16.0. The van der Waals surface area contributed by atoms with Gasteiger partial charge in [0.05, 0.1) is 5.69 Å². The molecule has 150 valence electrons. The van der Waals surface area contributed by atoms with Gasteiger partial charge in [0.25, 0.3) is 11.8 Å². The number of carbonyl (C=O) groups excluding carboxylic acids is 2. The summed E-state index contributed by atoms with van der Waals surface area (Å²) in [5.41, 5.74) is 2.74. The second-order valence-corrected chi connectivity index (χ2v) is 7.20. The summed E-state index contributed by atoms with van der Waals surface area (Å²) in [5.74, 6) is -0.00570. The van der Waals surface area contributed by atoms with E-state index in [9.17, 15) is 9.59 Å². The van der Waals surface area contributed by atoms with Crippen LogP contribution in [0.15, 0.2) is 78.6 Å². The van der Waals surface area contributed by atoms with E-state index in [0.29, 0.717) is 34.1 Å². The molecule has 0 aromatic heterocycles. The fourth-order valence-electron chi connectivity index (χ4n) is 3.10. The monoisotopic (exact) mass is 418 g/mol. The molecule has 0 saturated heterocycles. The van der Waals surface area contributed by atoms with Gasteiger partial charge in [-0.05, 0) is 47.9 Å². The number of rotatable bonds is 5. The van der Waals surface area contributed by atoms with Gasteiger partial charge in [-0.2, -0.15) is 0 Å². The summed E-state index contributed by atoms with van der Waals surface area (Å²) < 4.78 is 5.74. The average Bonchev–Trinajstić information content (AvgIpc) is 2.76. The number of ether oxygens (including phenoxy) is 1. The third-order valence-corrected chi connectivity index (χ3v) is 5.01. The smallest absolute Gasteiger partial charge is 0.291 e. The molecule has 0 aliphatic carbocycles. The SMILES string of the molecule is O=C1Nc2cc(C(=O)NCCc3ccccc3)ccc2OC1=Cc1ccccc1Cl. The van der Waals surface area contributed by atoms with Crippen molar-refractivity contribution in [3.8, 4) is 5.75 Å². The van der Waals surface area contributed by atoms with E-state index >= 15 is 0 Å². The van der Waals surface area contributed by atoms with E-state index in [1.54, 1.807) is 36.4 Å². The molecule has 3 aromatic carbocycles. The minimum atomic E-state index is -0.399. The number of amides is 2. The molecule has 1 aliphatic heterocycles. The van der Waals surface area contributed by atoms with Gasteiger partial charge in [0.1, 0.15) is 0 Å². The number of benzene rings is 3. The van der Waals surface area contributed by atoms with Crippen LogP contribution in [0.5, 0.6) is 5.75 Å². The number of halogens is 1. The predicted octanol–water partition coefficient (Wildman–Crippen LogP) is 4.68. The van der Waals surface area contributed by atoms with Crippen LogP contribution in [-0.4, -0.2) is 18.4 Å². The Morgan fingerprint density at radius 1 is 1.03 bits per heavy atom. The van der Waals surface area contributed by atoms with Crippen molar-refractivity contribution in [2.75, 3.05) is 11.9 Å². The molecule has 1 heterocycles. The molecule has 5 nitrogen and oxygen atoms in total. The molecule has 4 rings (SSSR count). The quantitative estimate of drug-likeness (QED) is 0.591. The van der Waals surface area contributed by atoms with Gasteiger partial charge in [0.2, 0.25) is 0 Å². The molecule has 2 amide bonds. The average molecular weight is 419 g/mol. The molecular formula is C24H19ClN2O3. The van der Waals surface area contributed by atoms with Crippen LogP contribution < -0.4 is 15.4 Å². The first-order valence-corrected chi connectivity index (χ1v) is 9.89. The minimum absolute atomic E-state index is 0.135. The Kier molecular flexibility index (Phi) is 5.82. The lowest BCUT2D eigenvalue weighted by Gasteiger charge is -2.20. The van der Waals surface area contributed by atoms with Crippen molar-refractivity contribution in [3.63, 3.8) is 0 Å². The zero-order valence-corrected chi connectivity index (χ0v) is 16.8. The summed E-state index contributed by atoms with van der Waals surface area (Å²) in [6.07, 6.45) is 2.33. The molecular weight excluding hydrogens is 400 g/mol. The molecule has 0 unspecified atom stereocenters. The van der Waals surface area contributed by atoms with Crippen LogP contribution in [0.3, 0.4) is 0 Å². The highest BCUT2D eigenvalue weighted by molar-refractivity contribution is 6.32. The van der Waals surface area contributed by atoms with Gasteiger partial charge in [-0.15, -0.1) is 0 Å². The third-order valence-electron chi connectivity index (χ3n) is 4.67. The maximum absolute atomic E-state index is 12.5. The summed E-state index contributed by atoms with van der Waals surface area (Å²) in [6, 6.07) is 22.1. The van der Waals surface area contributed by atoms with Crippen molar-refractivity contribution in [2.45, 2.75) is 6.42 Å². The molecule has 0 radical (unpaired) electrons. The summed E-state index contributed by atoms with van der Waals surface area (Å²) in [5, 5.41) is 6.19. The molecule has 6 heteroatoms. The van der Waals surface area contributed by atoms with E-state index in [-0.39, 0.29) is 11.7 Å². The number of carbonyl (C=O) groups is 2. The van der Waals surface area contributed by atoms with Gasteiger partial charge in [-0.1, -0.05) is 60.1 Å². The Labute approximate surface area is 179 Å². The Bertz CT molecular complexity index is 1130. The molecule has 2 N–H and O–H groups in total. The Balaban J connectivity index is 1.44. The molecule has 0 bridgehead atoms. The second kappa shape index (κ2) is 8.84. The molecule has 1 aliphatic rings. The van der Waals surface area contributed by atoms with Crippen molar-refractivity contribution in [2.24, 2.45) is 0 Å². The fourth-order valence-corrected chi connectivity index (χ4v) is 3.29. The van der Waals surface area contributed by atoms with Crippen LogP contribution >= 0.6 is 11.6 Å². The summed E-state index contributed by atoms with van der Waals surface area (Å²) in [6.45, 7) is 0.521. The summed E-state index contributed by atoms with van der Waals surface area (Å²) in [4.78, 5) is 24.9. The highest BCUT2D eigenvalue weighted by Crippen LogP contribution is 2.33. The molecule has 0 atom stereocenters. The lowest BCUT2D eigenvalue weighted by Crippen LogP contribution is -2.27. The third kappa shape index (κ3) is 4.53. The number of fused-ring (bicyclic) bond motifs is 1. The van der Waals surface area contributed by atoms with Crippen LogP contribution in [0, 0.1) is 0 Å². The van der Waals surface area contributed by atoms with Crippen molar-refractivity contribution in [1.29, 1.82) is 0 Å². The highest BCUT2D eigenvalue weighted by Gasteiger charge is 2.23. The van der Waals surface area contributed by atoms with E-state index in [2.05, 4.69) is 10.6 Å². The summed E-state index contributed by atoms with van der Waals surface area (Å²) >= 11 is 6.15. The molecule has 3 aromatic rings. The first-order valence-electron chi connectivity index (χ1n) is 9.52. The zero-order chi connectivity index (χ0) is 20.9. The van der Waals surface area contributed by atoms with Crippen LogP contribution in [0.1, 0.15) is 21.5 Å². The van der Waals surface area contributed by atoms with E-state index in [1.165, 1.54) is 0 Å². The van der Waals surface area contributed by atoms with Crippen LogP contribution in [0.4, 0.5) is 5.69 Å². The van der Waals surface area contributed by atoms with Crippen molar-refractivity contribution >= 4 is 35.2 Å². The van der Waals surface area contributed by atoms with Gasteiger partial charge in [0, 0.05) is 17.1 Å². The van der Waals surface area contributed by atoms with Crippen LogP contribution in [0.2, 0.25) is 5.02 Å². The Morgan fingerprint density at radius 3 is 2.60 bits per heavy atom. The number of nitrogens with one attached hydrogen (secondary N) is 2. The largest absolute Gasteiger partial charge is 0.449 e. The lowest BCUT2D eigenvalue weighted by molar-refractivity contribution is -0.115. The van der Waals surface area contributed by atoms with Crippen LogP contribution in [-0.2, 0) is 11.2 Å². The highest BCUT2D eigenvalue weighted by atomic mass is 35.5. The van der Waals surface area contributed by atoms with Gasteiger partial charge in [0.15, 0.2) is 11.5 Å². The maximum atomic E-state index is 12.5. The Hall–Kier alpha value is -3.57. The van der Waals surface area contributed by atoms with Gasteiger partial charge < -0.3 is 15.4 Å². The van der Waals surface area contributed by atoms with Gasteiger partial charge in [-0.25, -0.2) is 0 Å². The van der Waals surface area contributed by atoms with E-state index in [1.807, 2.05) is 42.5 Å². The molecule has 0 fully saturated rings. The topological polar surface area (TPSA) is 67.4 Å². The lowest BCUT2D eigenvalue weighted by atomic mass is 10.1. The molecule has 30 heavy (non-hydrogen) atoms. The Morgan fingerprint density at radius 2 is 1.80 bits per heavy atom. The number of anilines is 1. The fraction of sp³-hybridized carbons (Fsp3) is 0.0833. The maximum Gasteiger partial charge on any atom is 0.291 e. The molecule has 0 saturated carbocycles. The van der Waals surface area contributed by atoms with E-state index in [4.69, 9.17) is 16.3 Å². The normalized spacial score (nSPS) is 13.9. The van der Waals surface area contributed by atoms with E-state index in [0.717, 1.165) is 12.0 Å². The van der Waals surface area contributed by atoms with Crippen LogP contribution in [0.25, 0.3) is 6.08 Å². The number of hydrogen-bond acceptors (Lipinski definition) is 3.